The molecule has 1 aliphatic rings. The molecule has 0 spiro atoms. The second-order valence-electron chi connectivity index (χ2n) is 4.87. The van der Waals surface area contributed by atoms with E-state index in [0.717, 1.165) is 40.3 Å². The zero-order chi connectivity index (χ0) is 13.2. The molecular formula is C15H16BrClN2O. The molecule has 5 heteroatoms. The Balaban J connectivity index is 0.00000147. The zero-order valence-electron chi connectivity index (χ0n) is 10.9. The van der Waals surface area contributed by atoms with Crippen LogP contribution in [0.5, 0.6) is 0 Å². The van der Waals surface area contributed by atoms with Crippen LogP contribution in [-0.4, -0.2) is 25.0 Å². The first-order valence-corrected chi connectivity index (χ1v) is 7.22. The lowest BCUT2D eigenvalue weighted by Crippen LogP contribution is -2.36. The summed E-state index contributed by atoms with van der Waals surface area (Å²) in [6.45, 7) is 1.85. The number of carbonyl (C=O) groups excluding carboxylic acids is 1. The van der Waals surface area contributed by atoms with Crippen LogP contribution in [0.15, 0.2) is 40.9 Å². The minimum Gasteiger partial charge on any atom is -0.348 e. The molecule has 3 rings (SSSR count). The van der Waals surface area contributed by atoms with Crippen molar-refractivity contribution >= 4 is 45.0 Å². The maximum Gasteiger partial charge on any atom is 0.251 e. The summed E-state index contributed by atoms with van der Waals surface area (Å²) in [6, 6.07) is 12.1. The number of nitrogens with one attached hydrogen (secondary N) is 2. The van der Waals surface area contributed by atoms with Crippen LogP contribution in [0.25, 0.3) is 10.8 Å². The predicted molar refractivity (Wildman–Crippen MR) is 87.6 cm³/mol. The van der Waals surface area contributed by atoms with Gasteiger partial charge in [-0.1, -0.05) is 28.1 Å². The fourth-order valence-electron chi connectivity index (χ4n) is 2.40. The van der Waals surface area contributed by atoms with Crippen molar-refractivity contribution in [1.29, 1.82) is 0 Å². The predicted octanol–water partition coefficient (Wildman–Crippen LogP) is 3.12. The van der Waals surface area contributed by atoms with Gasteiger partial charge in [0.15, 0.2) is 0 Å². The van der Waals surface area contributed by atoms with E-state index >= 15 is 0 Å². The van der Waals surface area contributed by atoms with E-state index in [4.69, 9.17) is 0 Å². The minimum atomic E-state index is 0. The summed E-state index contributed by atoms with van der Waals surface area (Å²) in [5, 5.41) is 8.52. The van der Waals surface area contributed by atoms with Gasteiger partial charge in [-0.3, -0.25) is 4.79 Å². The molecule has 0 saturated carbocycles. The highest BCUT2D eigenvalue weighted by Gasteiger charge is 2.17. The van der Waals surface area contributed by atoms with E-state index in [2.05, 4.69) is 32.6 Å². The van der Waals surface area contributed by atoms with E-state index < -0.39 is 0 Å². The van der Waals surface area contributed by atoms with Gasteiger partial charge in [-0.05, 0) is 48.0 Å². The molecule has 1 fully saturated rings. The molecule has 1 aliphatic heterocycles. The Morgan fingerprint density at radius 3 is 2.70 bits per heavy atom. The van der Waals surface area contributed by atoms with E-state index in [1.807, 2.05) is 30.3 Å². The maximum absolute atomic E-state index is 12.2. The van der Waals surface area contributed by atoms with E-state index in [0.29, 0.717) is 0 Å². The van der Waals surface area contributed by atoms with Crippen molar-refractivity contribution in [3.05, 3.63) is 46.4 Å². The molecule has 1 amide bonds. The van der Waals surface area contributed by atoms with Gasteiger partial charge in [0.1, 0.15) is 0 Å². The number of fused-ring (bicyclic) bond motifs is 1. The molecule has 0 aromatic heterocycles. The van der Waals surface area contributed by atoms with Gasteiger partial charge in [0.25, 0.3) is 5.91 Å². The summed E-state index contributed by atoms with van der Waals surface area (Å²) in [7, 11) is 0. The van der Waals surface area contributed by atoms with Crippen molar-refractivity contribution in [2.24, 2.45) is 0 Å². The fourth-order valence-corrected chi connectivity index (χ4v) is 2.78. The van der Waals surface area contributed by atoms with Crippen LogP contribution in [0.4, 0.5) is 0 Å². The third-order valence-corrected chi connectivity index (χ3v) is 3.95. The molecule has 2 aromatic rings. The molecule has 2 aromatic carbocycles. The van der Waals surface area contributed by atoms with Gasteiger partial charge in [0, 0.05) is 22.6 Å². The quantitative estimate of drug-likeness (QED) is 0.869. The molecule has 3 nitrogen and oxygen atoms in total. The van der Waals surface area contributed by atoms with E-state index in [1.165, 1.54) is 0 Å². The molecule has 106 valence electrons. The first-order valence-electron chi connectivity index (χ1n) is 6.43. The lowest BCUT2D eigenvalue weighted by atomic mass is 10.1. The van der Waals surface area contributed by atoms with Crippen molar-refractivity contribution in [2.75, 3.05) is 13.1 Å². The monoisotopic (exact) mass is 354 g/mol. The SMILES string of the molecule is Cl.O=C(NC1CCNC1)c1ccc2cc(Br)ccc2c1. The van der Waals surface area contributed by atoms with Crippen LogP contribution < -0.4 is 10.6 Å². The van der Waals surface area contributed by atoms with Crippen LogP contribution in [0.2, 0.25) is 0 Å². The maximum atomic E-state index is 12.2. The zero-order valence-corrected chi connectivity index (χ0v) is 13.3. The molecule has 0 aliphatic carbocycles. The summed E-state index contributed by atoms with van der Waals surface area (Å²) >= 11 is 3.45. The van der Waals surface area contributed by atoms with Crippen molar-refractivity contribution in [2.45, 2.75) is 12.5 Å². The third-order valence-electron chi connectivity index (χ3n) is 3.46. The van der Waals surface area contributed by atoms with Crippen LogP contribution in [0, 0.1) is 0 Å². The van der Waals surface area contributed by atoms with Gasteiger partial charge in [0.2, 0.25) is 0 Å². The van der Waals surface area contributed by atoms with Crippen molar-refractivity contribution in [1.82, 2.24) is 10.6 Å². The summed E-state index contributed by atoms with van der Waals surface area (Å²) in [6.07, 6.45) is 1.01. The van der Waals surface area contributed by atoms with Gasteiger partial charge in [-0.15, -0.1) is 12.4 Å². The average molecular weight is 356 g/mol. The highest BCUT2D eigenvalue weighted by Crippen LogP contribution is 2.21. The lowest BCUT2D eigenvalue weighted by molar-refractivity contribution is 0.0940. The Bertz CT molecular complexity index is 626. The Kier molecular flexibility index (Phi) is 5.02. The van der Waals surface area contributed by atoms with Crippen LogP contribution >= 0.6 is 28.3 Å². The Morgan fingerprint density at radius 2 is 1.95 bits per heavy atom. The van der Waals surface area contributed by atoms with Crippen molar-refractivity contribution in [3.63, 3.8) is 0 Å². The van der Waals surface area contributed by atoms with Gasteiger partial charge in [0.05, 0.1) is 0 Å². The topological polar surface area (TPSA) is 41.1 Å². The molecular weight excluding hydrogens is 340 g/mol. The largest absolute Gasteiger partial charge is 0.348 e. The van der Waals surface area contributed by atoms with E-state index in [-0.39, 0.29) is 24.4 Å². The van der Waals surface area contributed by atoms with Gasteiger partial charge >= 0.3 is 0 Å². The number of carbonyl (C=O) groups is 1. The third kappa shape index (κ3) is 3.32. The molecule has 20 heavy (non-hydrogen) atoms. The van der Waals surface area contributed by atoms with Crippen LogP contribution in [-0.2, 0) is 0 Å². The number of amides is 1. The Labute approximate surface area is 132 Å². The smallest absolute Gasteiger partial charge is 0.251 e. The van der Waals surface area contributed by atoms with Gasteiger partial charge in [-0.25, -0.2) is 0 Å². The number of hydrogen-bond donors (Lipinski definition) is 2. The first kappa shape index (κ1) is 15.3. The van der Waals surface area contributed by atoms with E-state index in [1.54, 1.807) is 0 Å². The number of benzene rings is 2. The molecule has 2 N–H and O–H groups in total. The Morgan fingerprint density at radius 1 is 1.20 bits per heavy atom. The lowest BCUT2D eigenvalue weighted by Gasteiger charge is -2.11. The summed E-state index contributed by atoms with van der Waals surface area (Å²) in [4.78, 5) is 12.2. The minimum absolute atomic E-state index is 0. The highest BCUT2D eigenvalue weighted by atomic mass is 79.9. The molecule has 1 heterocycles. The second kappa shape index (κ2) is 6.57. The normalized spacial score (nSPS) is 17.8. The summed E-state index contributed by atoms with van der Waals surface area (Å²) in [5.41, 5.74) is 0.724. The van der Waals surface area contributed by atoms with Crippen molar-refractivity contribution < 1.29 is 4.79 Å². The Hall–Kier alpha value is -1.10. The molecule has 0 radical (unpaired) electrons. The second-order valence-corrected chi connectivity index (χ2v) is 5.79. The van der Waals surface area contributed by atoms with E-state index in [9.17, 15) is 4.79 Å². The van der Waals surface area contributed by atoms with Crippen LogP contribution in [0.3, 0.4) is 0 Å². The average Bonchev–Trinajstić information content (AvgIpc) is 2.91. The van der Waals surface area contributed by atoms with Gasteiger partial charge in [-0.2, -0.15) is 0 Å². The molecule has 1 unspecified atom stereocenters. The standard InChI is InChI=1S/C15H15BrN2O.ClH/c16-13-4-3-10-7-12(2-1-11(10)8-13)15(19)18-14-5-6-17-9-14;/h1-4,7-8,14,17H,5-6,9H2,(H,18,19);1H. The van der Waals surface area contributed by atoms with Crippen LogP contribution in [0.1, 0.15) is 16.8 Å². The number of rotatable bonds is 2. The fraction of sp³-hybridized carbons (Fsp3) is 0.267. The highest BCUT2D eigenvalue weighted by molar-refractivity contribution is 9.10. The number of halogens is 2. The van der Waals surface area contributed by atoms with Gasteiger partial charge < -0.3 is 10.6 Å². The number of hydrogen-bond acceptors (Lipinski definition) is 2. The molecule has 1 saturated heterocycles. The molecule has 1 atom stereocenters. The first-order chi connectivity index (χ1) is 9.22. The molecule has 0 bridgehead atoms. The summed E-state index contributed by atoms with van der Waals surface area (Å²) < 4.78 is 1.05. The van der Waals surface area contributed by atoms with Crippen molar-refractivity contribution in [3.8, 4) is 0 Å². The summed E-state index contributed by atoms with van der Waals surface area (Å²) in [5.74, 6) is 0.0125.